The number of halogens is 1. The maximum absolute atomic E-state index is 5.98. The van der Waals surface area contributed by atoms with Gasteiger partial charge >= 0.3 is 0 Å². The average molecular weight is 485 g/mol. The number of ether oxygens (including phenoxy) is 1. The summed E-state index contributed by atoms with van der Waals surface area (Å²) in [6.07, 6.45) is 4.97. The molecule has 0 amide bonds. The molecular weight excluding hydrogens is 453 g/mol. The molecule has 0 spiro atoms. The molecule has 0 unspecified atom stereocenters. The van der Waals surface area contributed by atoms with Crippen molar-refractivity contribution in [2.75, 3.05) is 26.8 Å². The summed E-state index contributed by atoms with van der Waals surface area (Å²) in [6, 6.07) is 8.15. The summed E-state index contributed by atoms with van der Waals surface area (Å²) < 4.78 is 11.3. The van der Waals surface area contributed by atoms with Crippen LogP contribution in [0.4, 0.5) is 0 Å². The van der Waals surface area contributed by atoms with Gasteiger partial charge in [0.1, 0.15) is 17.9 Å². The standard InChI is InChI=1S/C21H31N3O2.HI/c1-4-22-20(24-15-21(10-7-11-21)12-13-25-3)23-14-19-16(2)17-8-5-6-9-18(17)26-19;/h5-6,8-9H,4,7,10-15H2,1-3H3,(H2,22,23,24);1H. The lowest BCUT2D eigenvalue weighted by molar-refractivity contribution is 0.0732. The molecule has 150 valence electrons. The lowest BCUT2D eigenvalue weighted by atomic mass is 9.67. The van der Waals surface area contributed by atoms with Gasteiger partial charge in [-0.25, -0.2) is 4.99 Å². The number of rotatable bonds is 8. The highest BCUT2D eigenvalue weighted by molar-refractivity contribution is 14.0. The SMILES string of the molecule is CCNC(=NCc1oc2ccccc2c1C)NCC1(CCOC)CCC1.I. The molecular formula is C21H32IN3O2. The Bertz CT molecular complexity index is 753. The number of fused-ring (bicyclic) bond motifs is 1. The van der Waals surface area contributed by atoms with Crippen LogP contribution in [0.15, 0.2) is 33.7 Å². The van der Waals surface area contributed by atoms with Crippen LogP contribution in [0.1, 0.15) is 43.9 Å². The molecule has 2 N–H and O–H groups in total. The molecule has 3 rings (SSSR count). The number of aryl methyl sites for hydroxylation is 1. The number of methoxy groups -OCH3 is 1. The van der Waals surface area contributed by atoms with Crippen LogP contribution in [0.25, 0.3) is 11.0 Å². The fourth-order valence-electron chi connectivity index (χ4n) is 3.65. The van der Waals surface area contributed by atoms with Crippen molar-refractivity contribution in [3.63, 3.8) is 0 Å². The summed E-state index contributed by atoms with van der Waals surface area (Å²) in [4.78, 5) is 4.75. The second kappa shape index (κ2) is 10.3. The van der Waals surface area contributed by atoms with E-state index in [2.05, 4.69) is 30.5 Å². The Morgan fingerprint density at radius 2 is 2.04 bits per heavy atom. The van der Waals surface area contributed by atoms with Gasteiger partial charge in [-0.1, -0.05) is 24.6 Å². The highest BCUT2D eigenvalue weighted by Gasteiger charge is 2.36. The van der Waals surface area contributed by atoms with E-state index >= 15 is 0 Å². The zero-order valence-electron chi connectivity index (χ0n) is 16.6. The van der Waals surface area contributed by atoms with Crippen molar-refractivity contribution in [2.45, 2.75) is 46.1 Å². The first kappa shape index (κ1) is 22.0. The van der Waals surface area contributed by atoms with Gasteiger partial charge < -0.3 is 19.8 Å². The van der Waals surface area contributed by atoms with Crippen LogP contribution in [0, 0.1) is 12.3 Å². The van der Waals surface area contributed by atoms with E-state index in [-0.39, 0.29) is 24.0 Å². The number of guanidine groups is 1. The van der Waals surface area contributed by atoms with Gasteiger partial charge in [-0.15, -0.1) is 24.0 Å². The van der Waals surface area contributed by atoms with Crippen LogP contribution in [-0.2, 0) is 11.3 Å². The Kier molecular flexibility index (Phi) is 8.41. The molecule has 1 aromatic heterocycles. The van der Waals surface area contributed by atoms with Gasteiger partial charge in [-0.05, 0) is 44.6 Å². The third-order valence-electron chi connectivity index (χ3n) is 5.55. The third kappa shape index (κ3) is 5.38. The number of nitrogens with one attached hydrogen (secondary N) is 2. The minimum atomic E-state index is 0. The van der Waals surface area contributed by atoms with Crippen molar-refractivity contribution in [3.8, 4) is 0 Å². The molecule has 2 aromatic rings. The normalized spacial score (nSPS) is 15.9. The van der Waals surface area contributed by atoms with E-state index in [4.69, 9.17) is 14.1 Å². The van der Waals surface area contributed by atoms with Crippen molar-refractivity contribution in [1.29, 1.82) is 0 Å². The molecule has 1 aromatic carbocycles. The molecule has 1 saturated carbocycles. The Labute approximate surface area is 179 Å². The average Bonchev–Trinajstić information content (AvgIpc) is 2.94. The number of hydrogen-bond donors (Lipinski definition) is 2. The highest BCUT2D eigenvalue weighted by Crippen LogP contribution is 2.43. The molecule has 1 aliphatic carbocycles. The molecule has 0 atom stereocenters. The molecule has 0 aliphatic heterocycles. The molecule has 1 fully saturated rings. The topological polar surface area (TPSA) is 58.8 Å². The minimum absolute atomic E-state index is 0. The Hall–Kier alpha value is -1.28. The van der Waals surface area contributed by atoms with Gasteiger partial charge in [0.25, 0.3) is 0 Å². The van der Waals surface area contributed by atoms with E-state index in [1.54, 1.807) is 7.11 Å². The summed E-state index contributed by atoms with van der Waals surface area (Å²) in [5, 5.41) is 8.06. The van der Waals surface area contributed by atoms with Crippen molar-refractivity contribution in [3.05, 3.63) is 35.6 Å². The minimum Gasteiger partial charge on any atom is -0.459 e. The summed E-state index contributed by atoms with van der Waals surface area (Å²) in [6.45, 7) is 7.35. The van der Waals surface area contributed by atoms with Crippen LogP contribution in [0.2, 0.25) is 0 Å². The van der Waals surface area contributed by atoms with Crippen molar-refractivity contribution in [1.82, 2.24) is 10.6 Å². The zero-order chi connectivity index (χ0) is 18.4. The number of furan rings is 1. The summed E-state index contributed by atoms with van der Waals surface area (Å²) >= 11 is 0. The maximum atomic E-state index is 5.98. The summed E-state index contributed by atoms with van der Waals surface area (Å²) in [5.41, 5.74) is 2.47. The van der Waals surface area contributed by atoms with Gasteiger partial charge in [-0.3, -0.25) is 0 Å². The summed E-state index contributed by atoms with van der Waals surface area (Å²) in [7, 11) is 1.78. The molecule has 0 bridgehead atoms. The highest BCUT2D eigenvalue weighted by atomic mass is 127. The molecule has 5 nitrogen and oxygen atoms in total. The van der Waals surface area contributed by atoms with Gasteiger partial charge in [-0.2, -0.15) is 0 Å². The predicted molar refractivity (Wildman–Crippen MR) is 122 cm³/mol. The smallest absolute Gasteiger partial charge is 0.191 e. The van der Waals surface area contributed by atoms with Crippen molar-refractivity contribution >= 4 is 40.9 Å². The number of hydrogen-bond acceptors (Lipinski definition) is 3. The van der Waals surface area contributed by atoms with E-state index in [0.29, 0.717) is 12.0 Å². The largest absolute Gasteiger partial charge is 0.459 e. The monoisotopic (exact) mass is 485 g/mol. The fraction of sp³-hybridized carbons (Fsp3) is 0.571. The van der Waals surface area contributed by atoms with Crippen LogP contribution in [-0.4, -0.2) is 32.8 Å². The molecule has 6 heteroatoms. The first-order valence-electron chi connectivity index (χ1n) is 9.65. The van der Waals surface area contributed by atoms with Gasteiger partial charge in [0.2, 0.25) is 0 Å². The van der Waals surface area contributed by atoms with Crippen LogP contribution in [0.5, 0.6) is 0 Å². The second-order valence-electron chi connectivity index (χ2n) is 7.29. The fourth-order valence-corrected chi connectivity index (χ4v) is 3.65. The summed E-state index contributed by atoms with van der Waals surface area (Å²) in [5.74, 6) is 1.79. The number of para-hydroxylation sites is 1. The number of aliphatic imine (C=N–C) groups is 1. The van der Waals surface area contributed by atoms with Crippen LogP contribution in [0.3, 0.4) is 0 Å². The number of nitrogens with zero attached hydrogens (tertiary/aromatic N) is 1. The van der Waals surface area contributed by atoms with E-state index in [1.807, 2.05) is 18.2 Å². The molecule has 0 saturated heterocycles. The lowest BCUT2D eigenvalue weighted by Gasteiger charge is -2.42. The van der Waals surface area contributed by atoms with E-state index in [1.165, 1.54) is 30.2 Å². The molecule has 0 radical (unpaired) electrons. The van der Waals surface area contributed by atoms with Gasteiger partial charge in [0.15, 0.2) is 5.96 Å². The molecule has 1 aliphatic rings. The van der Waals surface area contributed by atoms with E-state index in [0.717, 1.165) is 43.4 Å². The number of benzene rings is 1. The van der Waals surface area contributed by atoms with Gasteiger partial charge in [0, 0.05) is 37.8 Å². The van der Waals surface area contributed by atoms with Gasteiger partial charge in [0.05, 0.1) is 0 Å². The van der Waals surface area contributed by atoms with Crippen molar-refractivity contribution < 1.29 is 9.15 Å². The predicted octanol–water partition coefficient (Wildman–Crippen LogP) is 4.62. The van der Waals surface area contributed by atoms with Crippen molar-refractivity contribution in [2.24, 2.45) is 10.4 Å². The van der Waals surface area contributed by atoms with Crippen LogP contribution < -0.4 is 10.6 Å². The quantitative estimate of drug-likeness (QED) is 0.326. The van der Waals surface area contributed by atoms with E-state index < -0.39 is 0 Å². The Morgan fingerprint density at radius 1 is 1.26 bits per heavy atom. The van der Waals surface area contributed by atoms with E-state index in [9.17, 15) is 0 Å². The molecule has 27 heavy (non-hydrogen) atoms. The third-order valence-corrected chi connectivity index (χ3v) is 5.55. The zero-order valence-corrected chi connectivity index (χ0v) is 19.0. The molecule has 1 heterocycles. The Balaban J connectivity index is 0.00000261. The Morgan fingerprint density at radius 3 is 2.67 bits per heavy atom. The van der Waals surface area contributed by atoms with Crippen LogP contribution >= 0.6 is 24.0 Å². The first-order valence-corrected chi connectivity index (χ1v) is 9.65. The lowest BCUT2D eigenvalue weighted by Crippen LogP contribution is -2.46. The maximum Gasteiger partial charge on any atom is 0.191 e. The second-order valence-corrected chi connectivity index (χ2v) is 7.29. The first-order chi connectivity index (χ1) is 12.7.